The Balaban J connectivity index is 4.02. The van der Waals surface area contributed by atoms with Crippen LogP contribution in [-0.2, 0) is 19.1 Å². The van der Waals surface area contributed by atoms with Gasteiger partial charge < -0.3 is 19.7 Å². The van der Waals surface area contributed by atoms with Crippen LogP contribution in [0.2, 0.25) is 0 Å². The Morgan fingerprint density at radius 1 is 0.377 bits per heavy atom. The van der Waals surface area contributed by atoms with Crippen LogP contribution >= 0.6 is 0 Å². The fourth-order valence-electron chi connectivity index (χ4n) is 8.92. The van der Waals surface area contributed by atoms with E-state index in [0.29, 0.717) is 37.9 Å². The molecule has 0 aliphatic rings. The van der Waals surface area contributed by atoms with E-state index in [9.17, 15) is 9.59 Å². The maximum absolute atomic E-state index is 12.5. The first-order valence-corrected chi connectivity index (χ1v) is 27.7. The number of nitrogens with zero attached hydrogens (tertiary/aromatic N) is 1. The summed E-state index contributed by atoms with van der Waals surface area (Å²) in [6.45, 7) is 15.0. The predicted octanol–water partition coefficient (Wildman–Crippen LogP) is 16.5. The highest BCUT2D eigenvalue weighted by atomic mass is 16.5. The third-order valence-corrected chi connectivity index (χ3v) is 13.2. The molecule has 0 radical (unpaired) electrons. The third-order valence-electron chi connectivity index (χ3n) is 13.2. The van der Waals surface area contributed by atoms with E-state index in [1.807, 2.05) is 0 Å². The Bertz CT molecular complexity index is 818. The van der Waals surface area contributed by atoms with E-state index in [4.69, 9.17) is 9.47 Å². The second kappa shape index (κ2) is 49.9. The zero-order valence-electron chi connectivity index (χ0n) is 42.3. The fraction of sp³-hybridized carbons (Fsp3) is 0.964. The minimum atomic E-state index is 0.0302. The van der Waals surface area contributed by atoms with Gasteiger partial charge in [-0.2, -0.15) is 0 Å². The fourth-order valence-corrected chi connectivity index (χ4v) is 8.92. The molecule has 0 aromatic rings. The average Bonchev–Trinajstić information content (AvgIpc) is 3.26. The SMILES string of the molecule is CCCCCCCCC(CCCCCC)COC(=O)CCCCCCCCCN(CCCCCCCCCC(=O)OCC(CCCCCC)CCCCCCCC)CCNC. The van der Waals surface area contributed by atoms with Gasteiger partial charge in [-0.15, -0.1) is 0 Å². The number of hydrogen-bond acceptors (Lipinski definition) is 6. The summed E-state index contributed by atoms with van der Waals surface area (Å²) in [5.74, 6) is 1.17. The molecule has 0 bridgehead atoms. The van der Waals surface area contributed by atoms with Gasteiger partial charge in [0, 0.05) is 25.9 Å². The Hall–Kier alpha value is -1.14. The molecule has 0 saturated carbocycles. The summed E-state index contributed by atoms with van der Waals surface area (Å²) in [4.78, 5) is 27.7. The van der Waals surface area contributed by atoms with Gasteiger partial charge in [-0.3, -0.25) is 9.59 Å². The van der Waals surface area contributed by atoms with Crippen molar-refractivity contribution >= 4 is 11.9 Å². The van der Waals surface area contributed by atoms with Gasteiger partial charge in [0.15, 0.2) is 0 Å². The molecule has 6 heteroatoms. The molecule has 0 heterocycles. The van der Waals surface area contributed by atoms with E-state index < -0.39 is 0 Å². The van der Waals surface area contributed by atoms with E-state index in [0.717, 1.165) is 38.8 Å². The van der Waals surface area contributed by atoms with Crippen molar-refractivity contribution in [2.75, 3.05) is 46.4 Å². The van der Waals surface area contributed by atoms with E-state index in [-0.39, 0.29) is 11.9 Å². The molecule has 364 valence electrons. The molecular weight excluding hydrogens is 753 g/mol. The molecule has 0 amide bonds. The normalized spacial score (nSPS) is 12.6. The van der Waals surface area contributed by atoms with Crippen molar-refractivity contribution in [1.29, 1.82) is 0 Å². The molecule has 0 saturated heterocycles. The summed E-state index contributed by atoms with van der Waals surface area (Å²) < 4.78 is 11.6. The smallest absolute Gasteiger partial charge is 0.305 e. The van der Waals surface area contributed by atoms with Crippen LogP contribution in [0, 0.1) is 11.8 Å². The molecule has 0 aromatic carbocycles. The van der Waals surface area contributed by atoms with Gasteiger partial charge >= 0.3 is 11.9 Å². The molecule has 2 atom stereocenters. The van der Waals surface area contributed by atoms with Crippen molar-refractivity contribution < 1.29 is 19.1 Å². The molecule has 0 aromatic heterocycles. The largest absolute Gasteiger partial charge is 0.465 e. The summed E-state index contributed by atoms with van der Waals surface area (Å²) in [7, 11) is 2.06. The Kier molecular flexibility index (Phi) is 48.9. The predicted molar refractivity (Wildman–Crippen MR) is 267 cm³/mol. The van der Waals surface area contributed by atoms with Crippen LogP contribution in [0.1, 0.15) is 285 Å². The molecule has 2 unspecified atom stereocenters. The number of nitrogens with one attached hydrogen (secondary N) is 1. The molecule has 6 nitrogen and oxygen atoms in total. The topological polar surface area (TPSA) is 67.9 Å². The van der Waals surface area contributed by atoms with Gasteiger partial charge in [0.1, 0.15) is 0 Å². The number of hydrogen-bond donors (Lipinski definition) is 1. The van der Waals surface area contributed by atoms with Crippen LogP contribution in [0.5, 0.6) is 0 Å². The second-order valence-electron chi connectivity index (χ2n) is 19.3. The number of likely N-dealkylation sites (N-methyl/N-ethyl adjacent to an activating group) is 1. The lowest BCUT2D eigenvalue weighted by atomic mass is 9.95. The Morgan fingerprint density at radius 3 is 0.984 bits per heavy atom. The lowest BCUT2D eigenvalue weighted by molar-refractivity contribution is -0.146. The van der Waals surface area contributed by atoms with Crippen LogP contribution in [0.15, 0.2) is 0 Å². The van der Waals surface area contributed by atoms with Gasteiger partial charge in [-0.1, -0.05) is 220 Å². The van der Waals surface area contributed by atoms with Gasteiger partial charge in [-0.05, 0) is 83.3 Å². The van der Waals surface area contributed by atoms with Crippen LogP contribution in [0.4, 0.5) is 0 Å². The summed E-state index contributed by atoms with van der Waals surface area (Å²) in [5, 5.41) is 3.35. The van der Waals surface area contributed by atoms with Crippen LogP contribution in [0.3, 0.4) is 0 Å². The standard InChI is InChI=1S/C55H110N2O4/c1-6-10-14-18-26-34-42-52(40-32-16-12-8-3)50-60-54(58)44-36-28-22-20-24-30-38-47-57(49-46-56-5)48-39-31-25-21-23-29-37-45-55(59)61-51-53(41-33-17-13-9-4)43-35-27-19-15-11-7-2/h52-53,56H,6-51H2,1-5H3. The van der Waals surface area contributed by atoms with Crippen molar-refractivity contribution in [2.45, 2.75) is 285 Å². The summed E-state index contributed by atoms with van der Waals surface area (Å²) in [6.07, 6.45) is 49.5. The van der Waals surface area contributed by atoms with E-state index in [1.165, 1.54) is 231 Å². The minimum Gasteiger partial charge on any atom is -0.465 e. The summed E-state index contributed by atoms with van der Waals surface area (Å²) in [5.41, 5.74) is 0. The van der Waals surface area contributed by atoms with Crippen LogP contribution in [-0.4, -0.2) is 63.3 Å². The zero-order chi connectivity index (χ0) is 44.5. The van der Waals surface area contributed by atoms with Gasteiger partial charge in [0.25, 0.3) is 0 Å². The number of esters is 2. The second-order valence-corrected chi connectivity index (χ2v) is 19.3. The molecule has 0 aliphatic heterocycles. The van der Waals surface area contributed by atoms with Gasteiger partial charge in [-0.25, -0.2) is 0 Å². The lowest BCUT2D eigenvalue weighted by Crippen LogP contribution is -2.32. The van der Waals surface area contributed by atoms with Crippen molar-refractivity contribution in [1.82, 2.24) is 10.2 Å². The van der Waals surface area contributed by atoms with Crippen molar-refractivity contribution in [3.63, 3.8) is 0 Å². The molecule has 0 aliphatic carbocycles. The van der Waals surface area contributed by atoms with Gasteiger partial charge in [0.05, 0.1) is 13.2 Å². The van der Waals surface area contributed by atoms with Crippen molar-refractivity contribution in [3.05, 3.63) is 0 Å². The number of rotatable bonds is 51. The molecule has 0 rings (SSSR count). The maximum Gasteiger partial charge on any atom is 0.305 e. The highest BCUT2D eigenvalue weighted by Gasteiger charge is 2.14. The summed E-state index contributed by atoms with van der Waals surface area (Å²) >= 11 is 0. The molecular formula is C55H110N2O4. The van der Waals surface area contributed by atoms with Crippen LogP contribution in [0.25, 0.3) is 0 Å². The van der Waals surface area contributed by atoms with Gasteiger partial charge in [0.2, 0.25) is 0 Å². The molecule has 0 spiro atoms. The van der Waals surface area contributed by atoms with E-state index >= 15 is 0 Å². The first kappa shape index (κ1) is 59.9. The van der Waals surface area contributed by atoms with E-state index in [1.54, 1.807) is 0 Å². The Labute approximate surface area is 382 Å². The molecule has 61 heavy (non-hydrogen) atoms. The minimum absolute atomic E-state index is 0.0302. The van der Waals surface area contributed by atoms with E-state index in [2.05, 4.69) is 45.0 Å². The lowest BCUT2D eigenvalue weighted by Gasteiger charge is -2.22. The number of ether oxygens (including phenoxy) is 2. The molecule has 0 fully saturated rings. The van der Waals surface area contributed by atoms with Crippen molar-refractivity contribution in [3.8, 4) is 0 Å². The number of carbonyl (C=O) groups is 2. The first-order valence-electron chi connectivity index (χ1n) is 27.7. The third kappa shape index (κ3) is 45.2. The summed E-state index contributed by atoms with van der Waals surface area (Å²) in [6, 6.07) is 0. The average molecular weight is 863 g/mol. The maximum atomic E-state index is 12.5. The highest BCUT2D eigenvalue weighted by Crippen LogP contribution is 2.22. The monoisotopic (exact) mass is 863 g/mol. The zero-order valence-corrected chi connectivity index (χ0v) is 42.3. The molecule has 1 N–H and O–H groups in total. The highest BCUT2D eigenvalue weighted by molar-refractivity contribution is 5.69. The quantitative estimate of drug-likeness (QED) is 0.0485. The first-order chi connectivity index (χ1) is 30.0. The Morgan fingerprint density at radius 2 is 0.656 bits per heavy atom. The number of carbonyl (C=O) groups excluding carboxylic acids is 2. The van der Waals surface area contributed by atoms with Crippen LogP contribution < -0.4 is 5.32 Å². The number of unbranched alkanes of at least 4 members (excludes halogenated alkanes) is 28. The van der Waals surface area contributed by atoms with Crippen molar-refractivity contribution in [2.24, 2.45) is 11.8 Å².